The Balaban J connectivity index is 1.32. The summed E-state index contributed by atoms with van der Waals surface area (Å²) in [6, 6.07) is 16.2. The molecule has 0 saturated carbocycles. The van der Waals surface area contributed by atoms with E-state index in [1.165, 1.54) is 22.4 Å². The Morgan fingerprint density at radius 1 is 1.04 bits per heavy atom. The van der Waals surface area contributed by atoms with E-state index in [9.17, 15) is 4.79 Å². The summed E-state index contributed by atoms with van der Waals surface area (Å²) < 4.78 is 6.10. The van der Waals surface area contributed by atoms with E-state index in [4.69, 9.17) is 9.72 Å². The Morgan fingerprint density at radius 2 is 1.78 bits per heavy atom. The molecule has 1 aromatic heterocycles. The summed E-state index contributed by atoms with van der Waals surface area (Å²) in [5.41, 5.74) is 2.95. The molecule has 0 spiro atoms. The maximum Gasteiger partial charge on any atom is 0.337 e. The number of hydrogen-bond acceptors (Lipinski definition) is 4. The van der Waals surface area contributed by atoms with Crippen LogP contribution in [0.2, 0.25) is 0 Å². The van der Waals surface area contributed by atoms with Crippen LogP contribution in [0.5, 0.6) is 0 Å². The van der Waals surface area contributed by atoms with Gasteiger partial charge in [0, 0.05) is 5.56 Å². The lowest BCUT2D eigenvalue weighted by atomic mass is 10.1. The minimum absolute atomic E-state index is 0.267. The van der Waals surface area contributed by atoms with Gasteiger partial charge in [0.2, 0.25) is 0 Å². The molecule has 0 unspecified atom stereocenters. The van der Waals surface area contributed by atoms with Crippen molar-refractivity contribution in [2.45, 2.75) is 13.1 Å². The van der Waals surface area contributed by atoms with Gasteiger partial charge in [-0.05, 0) is 24.3 Å². The normalized spacial score (nSPS) is 19.9. The number of hydrogen-bond donors (Lipinski definition) is 2. The maximum absolute atomic E-state index is 11.7. The van der Waals surface area contributed by atoms with E-state index in [0.717, 1.165) is 44.8 Å². The molecule has 1 aliphatic heterocycles. The topological polar surface area (TPSA) is 48.1 Å². The lowest BCUT2D eigenvalue weighted by molar-refractivity contribution is -1.02. The van der Waals surface area contributed by atoms with Crippen LogP contribution in [0.3, 0.4) is 0 Å². The van der Waals surface area contributed by atoms with Gasteiger partial charge in [0.1, 0.15) is 44.3 Å². The van der Waals surface area contributed by atoms with E-state index >= 15 is 0 Å². The van der Waals surface area contributed by atoms with Crippen LogP contribution in [-0.2, 0) is 17.8 Å². The van der Waals surface area contributed by atoms with Gasteiger partial charge in [-0.1, -0.05) is 24.3 Å². The van der Waals surface area contributed by atoms with Crippen LogP contribution >= 0.6 is 11.3 Å². The Hall–Kier alpha value is -2.28. The van der Waals surface area contributed by atoms with Crippen LogP contribution in [0, 0.1) is 0 Å². The van der Waals surface area contributed by atoms with Crippen molar-refractivity contribution in [3.05, 3.63) is 64.7 Å². The zero-order valence-corrected chi connectivity index (χ0v) is 16.3. The number of carbonyl (C=O) groups excluding carboxylic acids is 1. The zero-order chi connectivity index (χ0) is 18.6. The highest BCUT2D eigenvalue weighted by atomic mass is 32.1. The van der Waals surface area contributed by atoms with Gasteiger partial charge in [0.05, 0.1) is 22.9 Å². The summed E-state index contributed by atoms with van der Waals surface area (Å²) >= 11 is 1.82. The molecule has 2 N–H and O–H groups in total. The van der Waals surface area contributed by atoms with Crippen molar-refractivity contribution in [2.75, 3.05) is 33.3 Å². The predicted molar refractivity (Wildman–Crippen MR) is 106 cm³/mol. The first-order chi connectivity index (χ1) is 13.2. The Labute approximate surface area is 163 Å². The molecule has 3 aromatic rings. The minimum Gasteiger partial charge on any atom is -0.465 e. The number of piperazine rings is 1. The number of rotatable bonds is 5. The molecule has 1 aliphatic rings. The molecule has 0 atom stereocenters. The van der Waals surface area contributed by atoms with Crippen LogP contribution in [0.1, 0.15) is 20.9 Å². The molecule has 5 nitrogen and oxygen atoms in total. The molecular formula is C21H25N3O2S+2. The fourth-order valence-corrected chi connectivity index (χ4v) is 4.77. The second-order valence-corrected chi connectivity index (χ2v) is 8.24. The molecular weight excluding hydrogens is 358 g/mol. The van der Waals surface area contributed by atoms with Gasteiger partial charge in [0.15, 0.2) is 0 Å². The number of thiazole rings is 1. The fraction of sp³-hybridized carbons (Fsp3) is 0.333. The van der Waals surface area contributed by atoms with Crippen LogP contribution in [-0.4, -0.2) is 44.2 Å². The third-order valence-electron chi connectivity index (χ3n) is 5.21. The molecule has 27 heavy (non-hydrogen) atoms. The standard InChI is InChI=1S/C21H23N3O2S/c1-26-21(25)17-6-4-5-16(13-17)14-23-9-11-24(12-10-23)15-20-22-18-7-2-3-8-19(18)27-20/h2-8,13H,9-12,14-15H2,1H3/p+2. The third-order valence-corrected chi connectivity index (χ3v) is 6.24. The third kappa shape index (κ3) is 4.35. The molecule has 140 valence electrons. The number of para-hydroxylation sites is 1. The number of nitrogens with one attached hydrogen (secondary N) is 2. The number of aromatic nitrogens is 1. The number of nitrogens with zero attached hydrogens (tertiary/aromatic N) is 1. The van der Waals surface area contributed by atoms with Crippen molar-refractivity contribution in [3.8, 4) is 0 Å². The Bertz CT molecular complexity index is 899. The first-order valence-corrected chi connectivity index (χ1v) is 10.2. The van der Waals surface area contributed by atoms with Crippen molar-refractivity contribution in [1.82, 2.24) is 4.98 Å². The SMILES string of the molecule is COC(=O)c1cccc(C[NH+]2CC[NH+](Cc3nc4ccccc4s3)CC2)c1. The van der Waals surface area contributed by atoms with Crippen molar-refractivity contribution in [1.29, 1.82) is 0 Å². The van der Waals surface area contributed by atoms with E-state index in [1.807, 2.05) is 29.5 Å². The first kappa shape index (κ1) is 18.1. The minimum atomic E-state index is -0.267. The molecule has 0 amide bonds. The van der Waals surface area contributed by atoms with Crippen LogP contribution in [0.25, 0.3) is 10.2 Å². The summed E-state index contributed by atoms with van der Waals surface area (Å²) in [6.07, 6.45) is 0. The second kappa shape index (κ2) is 8.17. The van der Waals surface area contributed by atoms with Gasteiger partial charge < -0.3 is 14.5 Å². The average Bonchev–Trinajstić information content (AvgIpc) is 3.11. The van der Waals surface area contributed by atoms with Gasteiger partial charge >= 0.3 is 5.97 Å². The number of ether oxygens (including phenoxy) is 1. The molecule has 1 saturated heterocycles. The quantitative estimate of drug-likeness (QED) is 0.634. The molecule has 0 radical (unpaired) electrons. The number of carbonyl (C=O) groups is 1. The average molecular weight is 384 g/mol. The summed E-state index contributed by atoms with van der Waals surface area (Å²) in [4.78, 5) is 19.7. The zero-order valence-electron chi connectivity index (χ0n) is 15.5. The molecule has 1 fully saturated rings. The van der Waals surface area contributed by atoms with Crippen LogP contribution in [0.4, 0.5) is 0 Å². The molecule has 4 rings (SSSR count). The van der Waals surface area contributed by atoms with Gasteiger partial charge in [-0.15, -0.1) is 11.3 Å². The van der Waals surface area contributed by atoms with E-state index < -0.39 is 0 Å². The van der Waals surface area contributed by atoms with Crippen LogP contribution in [0.15, 0.2) is 48.5 Å². The second-order valence-electron chi connectivity index (χ2n) is 7.12. The number of methoxy groups -OCH3 is 1. The van der Waals surface area contributed by atoms with Gasteiger partial charge in [-0.25, -0.2) is 9.78 Å². The molecule has 2 heterocycles. The predicted octanol–water partition coefficient (Wildman–Crippen LogP) is 0.567. The highest BCUT2D eigenvalue weighted by Crippen LogP contribution is 2.20. The fourth-order valence-electron chi connectivity index (χ4n) is 3.73. The summed E-state index contributed by atoms with van der Waals surface area (Å²) in [7, 11) is 1.42. The largest absolute Gasteiger partial charge is 0.465 e. The molecule has 2 aromatic carbocycles. The van der Waals surface area contributed by atoms with Crippen molar-refractivity contribution in [3.63, 3.8) is 0 Å². The smallest absolute Gasteiger partial charge is 0.337 e. The lowest BCUT2D eigenvalue weighted by Gasteiger charge is -2.29. The highest BCUT2D eigenvalue weighted by molar-refractivity contribution is 7.18. The lowest BCUT2D eigenvalue weighted by Crippen LogP contribution is -3.27. The van der Waals surface area contributed by atoms with E-state index in [1.54, 1.807) is 9.80 Å². The number of quaternary nitrogens is 2. The summed E-state index contributed by atoms with van der Waals surface area (Å²) in [6.45, 7) is 6.57. The summed E-state index contributed by atoms with van der Waals surface area (Å²) in [5.74, 6) is -0.267. The molecule has 0 aliphatic carbocycles. The Kier molecular flexibility index (Phi) is 5.48. The first-order valence-electron chi connectivity index (χ1n) is 9.40. The van der Waals surface area contributed by atoms with Crippen molar-refractivity contribution < 1.29 is 19.3 Å². The van der Waals surface area contributed by atoms with Crippen LogP contribution < -0.4 is 9.80 Å². The van der Waals surface area contributed by atoms with Gasteiger partial charge in [0.25, 0.3) is 0 Å². The van der Waals surface area contributed by atoms with Gasteiger partial charge in [-0.2, -0.15) is 0 Å². The maximum atomic E-state index is 11.7. The molecule has 6 heteroatoms. The highest BCUT2D eigenvalue weighted by Gasteiger charge is 2.24. The molecule has 0 bridgehead atoms. The van der Waals surface area contributed by atoms with Crippen molar-refractivity contribution >= 4 is 27.5 Å². The number of esters is 1. The van der Waals surface area contributed by atoms with E-state index in [-0.39, 0.29) is 5.97 Å². The van der Waals surface area contributed by atoms with Gasteiger partial charge in [-0.3, -0.25) is 0 Å². The monoisotopic (exact) mass is 383 g/mol. The Morgan fingerprint density at radius 3 is 2.52 bits per heavy atom. The summed E-state index contributed by atoms with van der Waals surface area (Å²) in [5, 5.41) is 1.24. The number of benzene rings is 2. The van der Waals surface area contributed by atoms with E-state index in [2.05, 4.69) is 30.3 Å². The van der Waals surface area contributed by atoms with E-state index in [0.29, 0.717) is 5.56 Å². The van der Waals surface area contributed by atoms with Crippen molar-refractivity contribution in [2.24, 2.45) is 0 Å². The number of fused-ring (bicyclic) bond motifs is 1.